The molecule has 1 saturated heterocycles. The molecule has 2 aliphatic carbocycles. The van der Waals surface area contributed by atoms with Crippen molar-refractivity contribution in [2.24, 2.45) is 0 Å². The molecule has 1 saturated carbocycles. The minimum atomic E-state index is -5.14. The van der Waals surface area contributed by atoms with Gasteiger partial charge in [0.15, 0.2) is 17.1 Å². The van der Waals surface area contributed by atoms with Crippen LogP contribution in [0.25, 0.3) is 22.3 Å². The number of benzene rings is 2. The highest BCUT2D eigenvalue weighted by molar-refractivity contribution is 6.00. The molecule has 2 fully saturated rings. The number of amides is 2. The van der Waals surface area contributed by atoms with E-state index in [0.29, 0.717) is 66.6 Å². The molecule has 2 aromatic carbocycles. The third-order valence-electron chi connectivity index (χ3n) is 11.4. The second-order valence-corrected chi connectivity index (χ2v) is 15.1. The molecule has 5 aromatic rings. The number of carbonyl (C=O) groups is 3. The van der Waals surface area contributed by atoms with Gasteiger partial charge in [0.25, 0.3) is 5.91 Å². The Morgan fingerprint density at radius 1 is 0.983 bits per heavy atom. The second-order valence-electron chi connectivity index (χ2n) is 15.1. The fourth-order valence-electron chi connectivity index (χ4n) is 8.44. The summed E-state index contributed by atoms with van der Waals surface area (Å²) in [5, 5.41) is 13.2. The molecule has 3 aliphatic rings. The number of aryl methyl sites for hydroxylation is 1. The van der Waals surface area contributed by atoms with Crippen molar-refractivity contribution in [2.45, 2.75) is 87.6 Å². The van der Waals surface area contributed by atoms with Gasteiger partial charge in [-0.2, -0.15) is 17.7 Å². The van der Waals surface area contributed by atoms with Crippen LogP contribution in [-0.2, 0) is 22.9 Å². The molecule has 1 unspecified atom stereocenters. The molecule has 1 aliphatic heterocycles. The number of nitrogens with zero attached hydrogens (tertiary/aromatic N) is 6. The fraction of sp³-hybridized carbons (Fsp3) is 0.390. The molecule has 302 valence electrons. The molecular weight excluding hydrogens is 765 g/mol. The summed E-state index contributed by atoms with van der Waals surface area (Å²) in [5.41, 5.74) is -2.80. The number of halogens is 5. The number of aromatic nitrogens is 5. The predicted molar refractivity (Wildman–Crippen MR) is 197 cm³/mol. The number of likely N-dealkylation sites (tertiary alicyclic amines) is 1. The third kappa shape index (κ3) is 7.44. The van der Waals surface area contributed by atoms with Crippen LogP contribution in [0.4, 0.5) is 26.7 Å². The number of aliphatic carboxylic acids is 1. The molecule has 58 heavy (non-hydrogen) atoms. The summed E-state index contributed by atoms with van der Waals surface area (Å²) >= 11 is 0. The quantitative estimate of drug-likeness (QED) is 0.131. The van der Waals surface area contributed by atoms with Crippen LogP contribution in [0.5, 0.6) is 5.75 Å². The summed E-state index contributed by atoms with van der Waals surface area (Å²) in [4.78, 5) is 53.1. The largest absolute Gasteiger partial charge is 0.490 e. The average molecular weight is 805 g/mol. The Morgan fingerprint density at radius 2 is 1.74 bits per heavy atom. The summed E-state index contributed by atoms with van der Waals surface area (Å²) in [5.74, 6) is -5.44. The SMILES string of the molecule is O=C(NC1(C(=O)O)CCCc2ccccc21)c1cnc(-c2cn(C3CCC(F)(F)CC3)c3cc(OC4CCN(C(=O)[n+]5cccnc5)CC4)ccc23)nc1C(F)(F)F. The van der Waals surface area contributed by atoms with Crippen LogP contribution in [0, 0.1) is 0 Å². The number of fused-ring (bicyclic) bond motifs is 2. The van der Waals surface area contributed by atoms with Gasteiger partial charge in [0.2, 0.25) is 12.2 Å². The molecule has 17 heteroatoms. The lowest BCUT2D eigenvalue weighted by Crippen LogP contribution is -2.55. The van der Waals surface area contributed by atoms with E-state index in [1.807, 2.05) is 0 Å². The van der Waals surface area contributed by atoms with Crippen LogP contribution in [-0.4, -0.2) is 72.5 Å². The normalized spacial score (nSPS) is 20.1. The lowest BCUT2D eigenvalue weighted by Gasteiger charge is -2.36. The van der Waals surface area contributed by atoms with Gasteiger partial charge in [0.05, 0.1) is 30.4 Å². The number of ether oxygens (including phenoxy) is 1. The molecule has 2 N–H and O–H groups in total. The molecular formula is C41H39F5N7O5+. The smallest absolute Gasteiger partial charge is 0.442 e. The fourth-order valence-corrected chi connectivity index (χ4v) is 8.44. The monoisotopic (exact) mass is 804 g/mol. The van der Waals surface area contributed by atoms with E-state index in [1.54, 1.807) is 76.6 Å². The summed E-state index contributed by atoms with van der Waals surface area (Å²) in [6, 6.07) is 12.7. The van der Waals surface area contributed by atoms with Crippen molar-refractivity contribution >= 4 is 28.8 Å². The molecule has 0 bridgehead atoms. The number of piperidine rings is 1. The minimum Gasteiger partial charge on any atom is -0.490 e. The van der Waals surface area contributed by atoms with Gasteiger partial charge in [0, 0.05) is 67.2 Å². The molecule has 4 heterocycles. The van der Waals surface area contributed by atoms with Gasteiger partial charge in [-0.3, -0.25) is 9.69 Å². The number of carbonyl (C=O) groups excluding carboxylic acids is 2. The number of carboxylic acids is 1. The maximum Gasteiger partial charge on any atom is 0.442 e. The first kappa shape index (κ1) is 38.9. The number of hydrogen-bond acceptors (Lipinski definition) is 7. The minimum absolute atomic E-state index is 0.0338. The molecule has 0 spiro atoms. The number of rotatable bonds is 7. The van der Waals surface area contributed by atoms with Crippen LogP contribution < -0.4 is 14.6 Å². The lowest BCUT2D eigenvalue weighted by molar-refractivity contribution is -0.582. The van der Waals surface area contributed by atoms with E-state index in [2.05, 4.69) is 20.3 Å². The Hall–Kier alpha value is -6.00. The summed E-state index contributed by atoms with van der Waals surface area (Å²) in [7, 11) is 0. The predicted octanol–water partition coefficient (Wildman–Crippen LogP) is 7.11. The maximum absolute atomic E-state index is 14.8. The van der Waals surface area contributed by atoms with E-state index in [-0.39, 0.29) is 55.6 Å². The maximum atomic E-state index is 14.8. The zero-order chi connectivity index (χ0) is 40.8. The van der Waals surface area contributed by atoms with E-state index in [9.17, 15) is 41.4 Å². The van der Waals surface area contributed by atoms with Crippen molar-refractivity contribution in [1.29, 1.82) is 0 Å². The third-order valence-corrected chi connectivity index (χ3v) is 11.4. The van der Waals surface area contributed by atoms with Crippen molar-refractivity contribution in [1.82, 2.24) is 29.7 Å². The van der Waals surface area contributed by atoms with Crippen LogP contribution in [0.2, 0.25) is 0 Å². The van der Waals surface area contributed by atoms with E-state index < -0.39 is 46.8 Å². The van der Waals surface area contributed by atoms with Crippen molar-refractivity contribution in [2.75, 3.05) is 13.1 Å². The Bertz CT molecular complexity index is 2370. The van der Waals surface area contributed by atoms with Crippen molar-refractivity contribution in [3.05, 3.63) is 102 Å². The van der Waals surface area contributed by atoms with Crippen LogP contribution in [0.3, 0.4) is 0 Å². The van der Waals surface area contributed by atoms with Crippen LogP contribution in [0.1, 0.15) is 84.6 Å². The second kappa shape index (κ2) is 15.1. The number of nitrogens with one attached hydrogen (secondary N) is 1. The topological polar surface area (TPSA) is 143 Å². The molecule has 8 rings (SSSR count). The van der Waals surface area contributed by atoms with Gasteiger partial charge in [-0.05, 0) is 55.4 Å². The van der Waals surface area contributed by atoms with Gasteiger partial charge < -0.3 is 19.7 Å². The van der Waals surface area contributed by atoms with Gasteiger partial charge in [-0.25, -0.2) is 28.3 Å². The number of hydrogen-bond donors (Lipinski definition) is 2. The molecule has 2 amide bonds. The zero-order valence-corrected chi connectivity index (χ0v) is 31.1. The van der Waals surface area contributed by atoms with Gasteiger partial charge in [-0.15, -0.1) is 4.98 Å². The molecule has 12 nitrogen and oxygen atoms in total. The molecule has 1 atom stereocenters. The van der Waals surface area contributed by atoms with Gasteiger partial charge in [0.1, 0.15) is 18.1 Å². The number of carboxylic acid groups (broad SMARTS) is 1. The summed E-state index contributed by atoms with van der Waals surface area (Å²) < 4.78 is 82.4. The summed E-state index contributed by atoms with van der Waals surface area (Å²) in [6.07, 6.45) is 3.00. The Kier molecular flexibility index (Phi) is 10.1. The zero-order valence-electron chi connectivity index (χ0n) is 31.1. The first-order valence-electron chi connectivity index (χ1n) is 19.1. The van der Waals surface area contributed by atoms with Gasteiger partial charge in [-0.1, -0.05) is 24.3 Å². The highest BCUT2D eigenvalue weighted by Crippen LogP contribution is 2.43. The Balaban J connectivity index is 1.10. The van der Waals surface area contributed by atoms with E-state index in [4.69, 9.17) is 4.74 Å². The number of alkyl halides is 5. The first-order valence-corrected chi connectivity index (χ1v) is 19.1. The van der Waals surface area contributed by atoms with Crippen molar-refractivity contribution in [3.8, 4) is 17.1 Å². The van der Waals surface area contributed by atoms with Crippen molar-refractivity contribution in [3.63, 3.8) is 0 Å². The van der Waals surface area contributed by atoms with Gasteiger partial charge >= 0.3 is 18.2 Å². The highest BCUT2D eigenvalue weighted by Gasteiger charge is 2.47. The van der Waals surface area contributed by atoms with E-state index >= 15 is 0 Å². The van der Waals surface area contributed by atoms with E-state index in [1.165, 1.54) is 10.9 Å². The summed E-state index contributed by atoms with van der Waals surface area (Å²) in [6.45, 7) is 0.865. The molecule has 0 radical (unpaired) electrons. The highest BCUT2D eigenvalue weighted by atomic mass is 19.4. The molecule has 3 aromatic heterocycles. The first-order chi connectivity index (χ1) is 27.7. The Labute approximate surface area is 328 Å². The Morgan fingerprint density at radius 3 is 2.45 bits per heavy atom. The average Bonchev–Trinajstić information content (AvgIpc) is 3.59. The van der Waals surface area contributed by atoms with Crippen molar-refractivity contribution < 1.29 is 50.7 Å². The lowest BCUT2D eigenvalue weighted by atomic mass is 9.76. The standard InChI is InChI=1S/C41H38F5N7O5/c42-39(43)15-10-26(11-16-39)53-23-31(29-9-8-28(21-33(29)53)58-27-12-19-51(20-13-27)38(57)52-18-4-17-47-24-52)35-48-22-30(34(49-35)41(44,45)46)36(54)50-40(37(55)56)14-3-6-25-5-1-2-7-32(25)40/h1-2,4-5,7-9,17-18,21-24,26-27H,3,6,10-16,19-20H2,(H-,50,54,55,56)/p+1. The van der Waals surface area contributed by atoms with E-state index in [0.717, 1.165) is 6.20 Å². The van der Waals surface area contributed by atoms with Crippen LogP contribution in [0.15, 0.2) is 79.6 Å². The van der Waals surface area contributed by atoms with Crippen LogP contribution >= 0.6 is 0 Å².